The summed E-state index contributed by atoms with van der Waals surface area (Å²) in [6.07, 6.45) is 3.21. The fraction of sp³-hybridized carbons (Fsp3) is 0.400. The van der Waals surface area contributed by atoms with Crippen molar-refractivity contribution in [3.63, 3.8) is 0 Å². The number of likely N-dealkylation sites (N-methyl/N-ethyl adjacent to an activating group) is 1. The Morgan fingerprint density at radius 2 is 1.88 bits per heavy atom. The predicted octanol–water partition coefficient (Wildman–Crippen LogP) is 1.18. The Bertz CT molecular complexity index is 1020. The van der Waals surface area contributed by atoms with Crippen molar-refractivity contribution in [3.8, 4) is 6.07 Å². The molecule has 1 saturated heterocycles. The van der Waals surface area contributed by atoms with Crippen molar-refractivity contribution < 1.29 is 4.90 Å². The molecule has 5 rings (SSSR count). The number of para-hydroxylation sites is 2. The van der Waals surface area contributed by atoms with Crippen LogP contribution < -0.4 is 9.80 Å². The molecule has 5 nitrogen and oxygen atoms in total. The van der Waals surface area contributed by atoms with E-state index in [-0.39, 0.29) is 0 Å². The molecule has 0 atom stereocenters. The van der Waals surface area contributed by atoms with Crippen LogP contribution in [0, 0.1) is 11.3 Å². The van der Waals surface area contributed by atoms with E-state index in [0.29, 0.717) is 0 Å². The van der Waals surface area contributed by atoms with E-state index >= 15 is 0 Å². The van der Waals surface area contributed by atoms with Crippen LogP contribution in [0.4, 0.5) is 5.82 Å². The van der Waals surface area contributed by atoms with E-state index in [1.165, 1.54) is 16.9 Å². The number of fused-ring (bicyclic) bond motifs is 4. The highest BCUT2D eigenvalue weighted by molar-refractivity contribution is 5.86. The molecule has 3 heterocycles. The van der Waals surface area contributed by atoms with Gasteiger partial charge in [0.2, 0.25) is 0 Å². The number of pyridine rings is 1. The van der Waals surface area contributed by atoms with Crippen molar-refractivity contribution >= 4 is 22.5 Å². The number of hydrogen-bond acceptors (Lipinski definition) is 3. The number of rotatable bonds is 1. The van der Waals surface area contributed by atoms with Crippen molar-refractivity contribution in [2.24, 2.45) is 0 Å². The number of imidazole rings is 1. The van der Waals surface area contributed by atoms with E-state index in [2.05, 4.69) is 34.6 Å². The predicted molar refractivity (Wildman–Crippen MR) is 98.3 cm³/mol. The third kappa shape index (κ3) is 2.07. The zero-order valence-electron chi connectivity index (χ0n) is 14.5. The summed E-state index contributed by atoms with van der Waals surface area (Å²) >= 11 is 0. The maximum Gasteiger partial charge on any atom is 0.157 e. The number of nitriles is 1. The molecule has 2 aromatic heterocycles. The van der Waals surface area contributed by atoms with E-state index in [1.54, 1.807) is 4.90 Å². The third-order valence-electron chi connectivity index (χ3n) is 5.81. The SMILES string of the molecule is C[NH+]1CCN(c2c3c(c(C#N)c4nc5ccccc5n24)CCC3)CC1. The number of piperazine rings is 1. The summed E-state index contributed by atoms with van der Waals surface area (Å²) in [5.41, 5.74) is 6.34. The molecule has 25 heavy (non-hydrogen) atoms. The molecule has 1 N–H and O–H groups in total. The average molecular weight is 332 g/mol. The first-order valence-corrected chi connectivity index (χ1v) is 9.19. The fourth-order valence-corrected chi connectivity index (χ4v) is 4.49. The van der Waals surface area contributed by atoms with Crippen LogP contribution >= 0.6 is 0 Å². The van der Waals surface area contributed by atoms with Crippen molar-refractivity contribution in [2.75, 3.05) is 38.1 Å². The van der Waals surface area contributed by atoms with E-state index < -0.39 is 0 Å². The van der Waals surface area contributed by atoms with Gasteiger partial charge in [0.15, 0.2) is 5.65 Å². The highest BCUT2D eigenvalue weighted by Gasteiger charge is 2.30. The van der Waals surface area contributed by atoms with Gasteiger partial charge in [0.05, 0.1) is 49.8 Å². The molecule has 1 aliphatic carbocycles. The topological polar surface area (TPSA) is 48.8 Å². The largest absolute Gasteiger partial charge is 0.346 e. The van der Waals surface area contributed by atoms with Gasteiger partial charge in [-0.05, 0) is 42.5 Å². The van der Waals surface area contributed by atoms with Gasteiger partial charge >= 0.3 is 0 Å². The molecule has 3 aromatic rings. The van der Waals surface area contributed by atoms with Crippen molar-refractivity contribution in [1.82, 2.24) is 9.38 Å². The first-order valence-electron chi connectivity index (χ1n) is 9.19. The number of aromatic nitrogens is 2. The molecule has 0 unspecified atom stereocenters. The lowest BCUT2D eigenvalue weighted by Crippen LogP contribution is -3.12. The molecule has 0 radical (unpaired) electrons. The lowest BCUT2D eigenvalue weighted by Gasteiger charge is -2.33. The summed E-state index contributed by atoms with van der Waals surface area (Å²) in [5, 5.41) is 9.84. The van der Waals surface area contributed by atoms with Crippen LogP contribution in [0.5, 0.6) is 0 Å². The molecule has 0 amide bonds. The van der Waals surface area contributed by atoms with Gasteiger partial charge in [-0.25, -0.2) is 4.98 Å². The Labute approximate surface area is 147 Å². The van der Waals surface area contributed by atoms with Gasteiger partial charge in [0.1, 0.15) is 11.9 Å². The molecule has 0 spiro atoms. The summed E-state index contributed by atoms with van der Waals surface area (Å²) in [4.78, 5) is 8.96. The monoisotopic (exact) mass is 332 g/mol. The molecule has 1 aromatic carbocycles. The molecule has 0 bridgehead atoms. The van der Waals surface area contributed by atoms with Crippen LogP contribution in [0.1, 0.15) is 23.1 Å². The molecule has 1 aliphatic heterocycles. The average Bonchev–Trinajstić information content (AvgIpc) is 3.25. The smallest absolute Gasteiger partial charge is 0.157 e. The Morgan fingerprint density at radius 1 is 1.12 bits per heavy atom. The van der Waals surface area contributed by atoms with Crippen molar-refractivity contribution in [2.45, 2.75) is 19.3 Å². The lowest BCUT2D eigenvalue weighted by atomic mass is 10.0. The molecular weight excluding hydrogens is 310 g/mol. The normalized spacial score (nSPS) is 18.0. The van der Waals surface area contributed by atoms with Crippen LogP contribution in [-0.4, -0.2) is 42.6 Å². The second kappa shape index (κ2) is 5.47. The molecule has 2 aliphatic rings. The van der Waals surface area contributed by atoms with Gasteiger partial charge in [0.25, 0.3) is 0 Å². The van der Waals surface area contributed by atoms with E-state index in [4.69, 9.17) is 4.98 Å². The van der Waals surface area contributed by atoms with E-state index in [1.807, 2.05) is 12.1 Å². The van der Waals surface area contributed by atoms with Gasteiger partial charge in [-0.2, -0.15) is 5.26 Å². The lowest BCUT2D eigenvalue weighted by molar-refractivity contribution is -0.880. The van der Waals surface area contributed by atoms with Gasteiger partial charge < -0.3 is 9.80 Å². The van der Waals surface area contributed by atoms with Crippen LogP contribution in [0.15, 0.2) is 24.3 Å². The number of quaternary nitrogens is 1. The van der Waals surface area contributed by atoms with Crippen LogP contribution in [0.3, 0.4) is 0 Å². The van der Waals surface area contributed by atoms with E-state index in [9.17, 15) is 5.26 Å². The minimum Gasteiger partial charge on any atom is -0.346 e. The minimum absolute atomic E-state index is 0.784. The number of benzene rings is 1. The number of anilines is 1. The fourth-order valence-electron chi connectivity index (χ4n) is 4.49. The van der Waals surface area contributed by atoms with Gasteiger partial charge in [0, 0.05) is 0 Å². The van der Waals surface area contributed by atoms with Gasteiger partial charge in [-0.3, -0.25) is 4.40 Å². The summed E-state index contributed by atoms with van der Waals surface area (Å²) in [7, 11) is 2.27. The standard InChI is InChI=1S/C20H21N5/c1-23-9-11-24(12-10-23)20-15-6-4-5-14(15)16(13-21)19-22-17-7-2-3-8-18(17)25(19)20/h2-3,7-8H,4-6,9-12H2,1H3/p+1. The molecular formula is C20H22N5+. The maximum absolute atomic E-state index is 9.84. The maximum atomic E-state index is 9.84. The summed E-state index contributed by atoms with van der Waals surface area (Å²) < 4.78 is 2.26. The number of hydrogen-bond donors (Lipinski definition) is 1. The van der Waals surface area contributed by atoms with Gasteiger partial charge in [-0.15, -0.1) is 0 Å². The Kier molecular flexibility index (Phi) is 3.22. The first kappa shape index (κ1) is 14.7. The summed E-state index contributed by atoms with van der Waals surface area (Å²) in [5.74, 6) is 1.29. The zero-order chi connectivity index (χ0) is 17.0. The van der Waals surface area contributed by atoms with Crippen molar-refractivity contribution in [3.05, 3.63) is 41.0 Å². The Balaban J connectivity index is 1.87. The molecule has 126 valence electrons. The minimum atomic E-state index is 0.784. The quantitative estimate of drug-likeness (QED) is 0.728. The highest BCUT2D eigenvalue weighted by atomic mass is 15.3. The number of nitrogens with one attached hydrogen (secondary N) is 1. The highest BCUT2D eigenvalue weighted by Crippen LogP contribution is 2.38. The Hall–Kier alpha value is -2.58. The van der Waals surface area contributed by atoms with Gasteiger partial charge in [-0.1, -0.05) is 12.1 Å². The van der Waals surface area contributed by atoms with Crippen LogP contribution in [0.25, 0.3) is 16.7 Å². The molecule has 0 saturated carbocycles. The molecule has 1 fully saturated rings. The summed E-state index contributed by atoms with van der Waals surface area (Å²) in [6.45, 7) is 4.43. The molecule has 5 heteroatoms. The Morgan fingerprint density at radius 3 is 2.68 bits per heavy atom. The second-order valence-electron chi connectivity index (χ2n) is 7.32. The van der Waals surface area contributed by atoms with Crippen molar-refractivity contribution in [1.29, 1.82) is 5.26 Å². The number of nitrogens with zero attached hydrogens (tertiary/aromatic N) is 4. The van der Waals surface area contributed by atoms with Crippen LogP contribution in [-0.2, 0) is 12.8 Å². The van der Waals surface area contributed by atoms with E-state index in [0.717, 1.165) is 67.7 Å². The second-order valence-corrected chi connectivity index (χ2v) is 7.32. The van der Waals surface area contributed by atoms with Crippen LogP contribution in [0.2, 0.25) is 0 Å². The third-order valence-corrected chi connectivity index (χ3v) is 5.81. The first-order chi connectivity index (χ1) is 12.3. The summed E-state index contributed by atoms with van der Waals surface area (Å²) in [6, 6.07) is 10.7. The zero-order valence-corrected chi connectivity index (χ0v) is 14.5.